The van der Waals surface area contributed by atoms with Crippen LogP contribution >= 0.6 is 23.5 Å². The second-order valence-corrected chi connectivity index (χ2v) is 18.7. The Morgan fingerprint density at radius 1 is 0.636 bits per heavy atom. The number of hydrogen-bond acceptors (Lipinski definition) is 2. The van der Waals surface area contributed by atoms with E-state index in [-0.39, 0.29) is 0 Å². The molecule has 2 heterocycles. The zero-order chi connectivity index (χ0) is 22.7. The van der Waals surface area contributed by atoms with Gasteiger partial charge in [0.25, 0.3) is 0 Å². The van der Waals surface area contributed by atoms with Crippen LogP contribution in [-0.4, -0.2) is 18.6 Å². The van der Waals surface area contributed by atoms with Gasteiger partial charge in [0.1, 0.15) is 0 Å². The van der Waals surface area contributed by atoms with Gasteiger partial charge in [0.15, 0.2) is 0 Å². The predicted octanol–water partition coefficient (Wildman–Crippen LogP) is 9.06. The van der Waals surface area contributed by atoms with Crippen molar-refractivity contribution in [3.05, 3.63) is 82.6 Å². The lowest BCUT2D eigenvalue weighted by Gasteiger charge is -2.44. The molecule has 0 amide bonds. The Bertz CT molecular complexity index is 987. The molecule has 8 atom stereocenters. The van der Waals surface area contributed by atoms with Gasteiger partial charge in [0.2, 0.25) is 0 Å². The summed E-state index contributed by atoms with van der Waals surface area (Å²) in [6, 6.07) is 22.4. The first-order chi connectivity index (χ1) is 16.0. The highest BCUT2D eigenvalue weighted by Crippen LogP contribution is 2.67. The first-order valence-electron chi connectivity index (χ1n) is 12.8. The van der Waals surface area contributed by atoms with E-state index in [4.69, 9.17) is 0 Å². The molecule has 33 heavy (non-hydrogen) atoms. The first-order valence-corrected chi connectivity index (χ1v) is 17.8. The lowest BCUT2D eigenvalue weighted by Crippen LogP contribution is -2.47. The van der Waals surface area contributed by atoms with Gasteiger partial charge in [-0.1, -0.05) is 87.6 Å². The van der Waals surface area contributed by atoms with Crippen LogP contribution in [0.15, 0.2) is 71.5 Å². The fourth-order valence-electron chi connectivity index (χ4n) is 8.32. The van der Waals surface area contributed by atoms with E-state index in [2.05, 4.69) is 122 Å². The van der Waals surface area contributed by atoms with Crippen molar-refractivity contribution in [2.75, 3.05) is 0 Å². The molecule has 3 heteroatoms. The quantitative estimate of drug-likeness (QED) is 0.394. The van der Waals surface area contributed by atoms with Gasteiger partial charge in [-0.3, -0.25) is 0 Å². The van der Waals surface area contributed by atoms with Crippen molar-refractivity contribution in [1.82, 2.24) is 0 Å². The summed E-state index contributed by atoms with van der Waals surface area (Å²) in [4.78, 5) is 0. The summed E-state index contributed by atoms with van der Waals surface area (Å²) < 4.78 is 0. The predicted molar refractivity (Wildman–Crippen MR) is 151 cm³/mol. The molecular weight excluding hydrogens is 453 g/mol. The molecule has 8 unspecified atom stereocenters. The maximum atomic E-state index is 2.78. The SMILES string of the molecule is CC1CC2C(c3ccccc3)=CSC2C1[Si](C)(C)C1C(C)CC2C(c3ccccc3)=CSC21. The summed E-state index contributed by atoms with van der Waals surface area (Å²) in [7, 11) is -1.50. The summed E-state index contributed by atoms with van der Waals surface area (Å²) in [5.41, 5.74) is 8.01. The lowest BCUT2D eigenvalue weighted by atomic mass is 9.92. The fraction of sp³-hybridized carbons (Fsp3) is 0.467. The molecule has 2 aromatic carbocycles. The van der Waals surface area contributed by atoms with E-state index in [1.54, 1.807) is 11.1 Å². The molecule has 172 valence electrons. The highest BCUT2D eigenvalue weighted by Gasteiger charge is 2.59. The molecule has 6 rings (SSSR count). The normalized spacial score (nSPS) is 37.6. The van der Waals surface area contributed by atoms with Gasteiger partial charge in [0, 0.05) is 10.5 Å². The summed E-state index contributed by atoms with van der Waals surface area (Å²) in [6.07, 6.45) is 2.77. The van der Waals surface area contributed by atoms with Crippen LogP contribution in [0.1, 0.15) is 37.8 Å². The molecule has 0 bridgehead atoms. The van der Waals surface area contributed by atoms with Crippen molar-refractivity contribution < 1.29 is 0 Å². The minimum absolute atomic E-state index is 0.755. The summed E-state index contributed by atoms with van der Waals surface area (Å²) in [6.45, 7) is 10.7. The van der Waals surface area contributed by atoms with Crippen molar-refractivity contribution in [2.45, 2.75) is 61.4 Å². The molecular formula is C30H36S2Si. The Morgan fingerprint density at radius 3 is 1.42 bits per heavy atom. The molecule has 2 aliphatic heterocycles. The Kier molecular flexibility index (Phi) is 5.75. The van der Waals surface area contributed by atoms with Crippen LogP contribution in [0.5, 0.6) is 0 Å². The van der Waals surface area contributed by atoms with E-state index in [0.29, 0.717) is 0 Å². The van der Waals surface area contributed by atoms with Crippen molar-refractivity contribution >= 4 is 42.7 Å². The fourth-order valence-corrected chi connectivity index (χ4v) is 19.7. The molecule has 2 aromatic rings. The summed E-state index contributed by atoms with van der Waals surface area (Å²) in [5.74, 6) is 3.21. The third-order valence-corrected chi connectivity index (χ3v) is 17.8. The Morgan fingerprint density at radius 2 is 1.03 bits per heavy atom. The minimum Gasteiger partial charge on any atom is -0.130 e. The van der Waals surface area contributed by atoms with E-state index < -0.39 is 8.07 Å². The molecule has 0 aromatic heterocycles. The van der Waals surface area contributed by atoms with Gasteiger partial charge in [-0.25, -0.2) is 0 Å². The van der Waals surface area contributed by atoms with Gasteiger partial charge < -0.3 is 0 Å². The third kappa shape index (κ3) is 3.56. The zero-order valence-electron chi connectivity index (χ0n) is 20.3. The molecule has 2 fully saturated rings. The molecule has 0 spiro atoms. The molecule has 2 aliphatic carbocycles. The van der Waals surface area contributed by atoms with Crippen molar-refractivity contribution in [1.29, 1.82) is 0 Å². The Hall–Kier alpha value is -1.16. The molecule has 0 saturated heterocycles. The van der Waals surface area contributed by atoms with E-state index in [9.17, 15) is 0 Å². The molecule has 0 radical (unpaired) electrons. The highest BCUT2D eigenvalue weighted by atomic mass is 32.2. The van der Waals surface area contributed by atoms with Crippen molar-refractivity contribution in [3.8, 4) is 0 Å². The smallest absolute Gasteiger partial charge is 0.0564 e. The Balaban J connectivity index is 1.26. The third-order valence-electron chi connectivity index (χ3n) is 9.41. The van der Waals surface area contributed by atoms with Crippen LogP contribution in [0.3, 0.4) is 0 Å². The van der Waals surface area contributed by atoms with Crippen molar-refractivity contribution in [2.24, 2.45) is 23.7 Å². The summed E-state index contributed by atoms with van der Waals surface area (Å²) >= 11 is 4.38. The zero-order valence-corrected chi connectivity index (χ0v) is 22.9. The van der Waals surface area contributed by atoms with E-state index >= 15 is 0 Å². The van der Waals surface area contributed by atoms with Crippen LogP contribution < -0.4 is 0 Å². The molecule has 0 nitrogen and oxygen atoms in total. The lowest BCUT2D eigenvalue weighted by molar-refractivity contribution is 0.546. The number of rotatable bonds is 4. The highest BCUT2D eigenvalue weighted by molar-refractivity contribution is 8.03. The standard InChI is InChI=1S/C30H36S2Si/c1-19-15-23-25(21-11-7-5-8-12-21)17-31-27(23)29(19)33(3,4)30-20(2)16-24-26(18-32-28(24)30)22-13-9-6-10-14-22/h5-14,17-20,23-24,27-30H,15-16H2,1-4H3. The average molecular weight is 489 g/mol. The average Bonchev–Trinajstić information content (AvgIpc) is 3.54. The van der Waals surface area contributed by atoms with Gasteiger partial charge >= 0.3 is 0 Å². The number of hydrogen-bond donors (Lipinski definition) is 0. The van der Waals surface area contributed by atoms with Gasteiger partial charge in [0.05, 0.1) is 8.07 Å². The topological polar surface area (TPSA) is 0 Å². The van der Waals surface area contributed by atoms with Crippen molar-refractivity contribution in [3.63, 3.8) is 0 Å². The van der Waals surface area contributed by atoms with Crippen LogP contribution in [0.4, 0.5) is 0 Å². The number of benzene rings is 2. The second-order valence-electron chi connectivity index (χ2n) is 11.6. The van der Waals surface area contributed by atoms with Gasteiger partial charge in [-0.05, 0) is 80.7 Å². The summed E-state index contributed by atoms with van der Waals surface area (Å²) in [5, 5.41) is 6.68. The molecule has 2 saturated carbocycles. The largest absolute Gasteiger partial charge is 0.130 e. The maximum absolute atomic E-state index is 2.78. The van der Waals surface area contributed by atoms with E-state index in [0.717, 1.165) is 45.3 Å². The first kappa shape index (κ1) is 22.3. The van der Waals surface area contributed by atoms with Crippen LogP contribution in [0.25, 0.3) is 11.1 Å². The maximum Gasteiger partial charge on any atom is 0.0564 e. The Labute approximate surface area is 209 Å². The second kappa shape index (κ2) is 8.50. The molecule has 0 N–H and O–H groups in total. The number of allylic oxidation sites excluding steroid dienone is 2. The van der Waals surface area contributed by atoms with E-state index in [1.165, 1.54) is 24.0 Å². The van der Waals surface area contributed by atoms with Crippen LogP contribution in [0.2, 0.25) is 24.2 Å². The van der Waals surface area contributed by atoms with Crippen LogP contribution in [-0.2, 0) is 0 Å². The monoisotopic (exact) mass is 488 g/mol. The van der Waals surface area contributed by atoms with Crippen LogP contribution in [0, 0.1) is 23.7 Å². The number of fused-ring (bicyclic) bond motifs is 2. The van der Waals surface area contributed by atoms with E-state index in [1.807, 2.05) is 0 Å². The van der Waals surface area contributed by atoms with Gasteiger partial charge in [-0.15, -0.1) is 23.5 Å². The minimum atomic E-state index is -1.50. The molecule has 4 aliphatic rings. The van der Waals surface area contributed by atoms with Gasteiger partial charge in [-0.2, -0.15) is 0 Å². The number of thioether (sulfide) groups is 2.